The van der Waals surface area contributed by atoms with Crippen LogP contribution < -0.4 is 5.32 Å². The van der Waals surface area contributed by atoms with E-state index in [1.54, 1.807) is 17.8 Å². The highest BCUT2D eigenvalue weighted by Crippen LogP contribution is 2.24. The predicted molar refractivity (Wildman–Crippen MR) is 79.9 cm³/mol. The zero-order chi connectivity index (χ0) is 14.6. The molecule has 0 bridgehead atoms. The highest BCUT2D eigenvalue weighted by molar-refractivity contribution is 7.99. The Bertz CT molecular complexity index is 557. The number of nitrogens with zero attached hydrogens (tertiary/aromatic N) is 1. The molecular formula is C13H19FN2O2S2. The van der Waals surface area contributed by atoms with Crippen LogP contribution in [0.4, 0.5) is 4.39 Å². The molecule has 0 radical (unpaired) electrons. The van der Waals surface area contributed by atoms with E-state index >= 15 is 0 Å². The molecule has 0 aliphatic carbocycles. The van der Waals surface area contributed by atoms with Gasteiger partial charge in [0, 0.05) is 31.1 Å². The SMILES string of the molecule is CCNCc1ccc(F)cc1S(=O)(=O)N1CCSCC1. The van der Waals surface area contributed by atoms with Gasteiger partial charge in [-0.15, -0.1) is 0 Å². The van der Waals surface area contributed by atoms with Gasteiger partial charge >= 0.3 is 0 Å². The highest BCUT2D eigenvalue weighted by atomic mass is 32.2. The molecule has 2 rings (SSSR count). The minimum atomic E-state index is -3.61. The van der Waals surface area contributed by atoms with Crippen LogP contribution in [0.15, 0.2) is 23.1 Å². The third kappa shape index (κ3) is 3.52. The number of nitrogens with one attached hydrogen (secondary N) is 1. The van der Waals surface area contributed by atoms with E-state index in [0.29, 0.717) is 25.2 Å². The first-order chi connectivity index (χ1) is 9.55. The van der Waals surface area contributed by atoms with Gasteiger partial charge in [-0.25, -0.2) is 12.8 Å². The molecule has 1 aliphatic rings. The average molecular weight is 318 g/mol. The Balaban J connectivity index is 2.35. The van der Waals surface area contributed by atoms with Gasteiger partial charge in [0.1, 0.15) is 5.82 Å². The van der Waals surface area contributed by atoms with Crippen LogP contribution in [0.2, 0.25) is 0 Å². The lowest BCUT2D eigenvalue weighted by Gasteiger charge is -2.26. The molecule has 7 heteroatoms. The second kappa shape index (κ2) is 6.89. The van der Waals surface area contributed by atoms with Gasteiger partial charge in [-0.05, 0) is 24.2 Å². The standard InChI is InChI=1S/C13H19FN2O2S2/c1-2-15-10-11-3-4-12(14)9-13(11)20(17,18)16-5-7-19-8-6-16/h3-4,9,15H,2,5-8,10H2,1H3. The van der Waals surface area contributed by atoms with Crippen LogP contribution in [0.1, 0.15) is 12.5 Å². The maximum Gasteiger partial charge on any atom is 0.243 e. The third-order valence-corrected chi connectivity index (χ3v) is 6.11. The Morgan fingerprint density at radius 1 is 1.35 bits per heavy atom. The van der Waals surface area contributed by atoms with E-state index in [9.17, 15) is 12.8 Å². The van der Waals surface area contributed by atoms with Gasteiger partial charge < -0.3 is 5.32 Å². The molecule has 1 fully saturated rings. The summed E-state index contributed by atoms with van der Waals surface area (Å²) in [4.78, 5) is 0.0883. The molecule has 20 heavy (non-hydrogen) atoms. The number of rotatable bonds is 5. The van der Waals surface area contributed by atoms with E-state index in [2.05, 4.69) is 5.32 Å². The largest absolute Gasteiger partial charge is 0.313 e. The Labute approximate surface area is 123 Å². The Morgan fingerprint density at radius 3 is 2.70 bits per heavy atom. The molecule has 1 saturated heterocycles. The number of halogens is 1. The van der Waals surface area contributed by atoms with E-state index in [1.807, 2.05) is 6.92 Å². The van der Waals surface area contributed by atoms with Gasteiger partial charge in [-0.1, -0.05) is 13.0 Å². The van der Waals surface area contributed by atoms with Gasteiger partial charge in [-0.2, -0.15) is 16.1 Å². The molecule has 1 heterocycles. The molecule has 0 atom stereocenters. The van der Waals surface area contributed by atoms with Crippen LogP contribution in [-0.4, -0.2) is 43.9 Å². The molecule has 112 valence electrons. The minimum Gasteiger partial charge on any atom is -0.313 e. The second-order valence-corrected chi connectivity index (χ2v) is 7.68. The monoisotopic (exact) mass is 318 g/mol. The summed E-state index contributed by atoms with van der Waals surface area (Å²) in [6, 6.07) is 3.98. The Hall–Kier alpha value is -0.630. The first kappa shape index (κ1) is 15.8. The quantitative estimate of drug-likeness (QED) is 0.897. The van der Waals surface area contributed by atoms with Crippen LogP contribution in [0, 0.1) is 5.82 Å². The van der Waals surface area contributed by atoms with Crippen molar-refractivity contribution in [3.8, 4) is 0 Å². The van der Waals surface area contributed by atoms with Crippen molar-refractivity contribution >= 4 is 21.8 Å². The summed E-state index contributed by atoms with van der Waals surface area (Å²) in [5.74, 6) is 1.06. The van der Waals surface area contributed by atoms with Crippen molar-refractivity contribution in [2.75, 3.05) is 31.1 Å². The van der Waals surface area contributed by atoms with Crippen LogP contribution in [0.3, 0.4) is 0 Å². The molecule has 0 saturated carbocycles. The van der Waals surface area contributed by atoms with Crippen molar-refractivity contribution in [2.45, 2.75) is 18.4 Å². The van der Waals surface area contributed by atoms with E-state index in [1.165, 1.54) is 10.4 Å². The number of sulfonamides is 1. The summed E-state index contributed by atoms with van der Waals surface area (Å²) in [7, 11) is -3.61. The van der Waals surface area contributed by atoms with E-state index in [4.69, 9.17) is 0 Å². The number of thioether (sulfide) groups is 1. The maximum absolute atomic E-state index is 13.5. The first-order valence-corrected chi connectivity index (χ1v) is 9.22. The molecule has 1 N–H and O–H groups in total. The van der Waals surface area contributed by atoms with Crippen molar-refractivity contribution in [3.63, 3.8) is 0 Å². The summed E-state index contributed by atoms with van der Waals surface area (Å²) in [5.41, 5.74) is 0.617. The average Bonchev–Trinajstić information content (AvgIpc) is 2.47. The Morgan fingerprint density at radius 2 is 2.05 bits per heavy atom. The summed E-state index contributed by atoms with van der Waals surface area (Å²) in [5, 5.41) is 3.09. The van der Waals surface area contributed by atoms with Gasteiger partial charge in [0.05, 0.1) is 4.90 Å². The smallest absolute Gasteiger partial charge is 0.243 e. The van der Waals surface area contributed by atoms with E-state index in [-0.39, 0.29) is 4.90 Å². The molecule has 0 aromatic heterocycles. The fraction of sp³-hybridized carbons (Fsp3) is 0.538. The summed E-state index contributed by atoms with van der Waals surface area (Å²) in [6.45, 7) is 4.08. The van der Waals surface area contributed by atoms with Crippen molar-refractivity contribution in [1.29, 1.82) is 0 Å². The van der Waals surface area contributed by atoms with Crippen molar-refractivity contribution in [1.82, 2.24) is 9.62 Å². The van der Waals surface area contributed by atoms with Gasteiger partial charge in [0.2, 0.25) is 10.0 Å². The summed E-state index contributed by atoms with van der Waals surface area (Å²) >= 11 is 1.74. The molecule has 4 nitrogen and oxygen atoms in total. The van der Waals surface area contributed by atoms with Crippen LogP contribution in [0.25, 0.3) is 0 Å². The summed E-state index contributed by atoms with van der Waals surface area (Å²) < 4.78 is 40.2. The lowest BCUT2D eigenvalue weighted by molar-refractivity contribution is 0.442. The summed E-state index contributed by atoms with van der Waals surface area (Å²) in [6.07, 6.45) is 0. The fourth-order valence-corrected chi connectivity index (χ4v) is 4.91. The normalized spacial score (nSPS) is 17.3. The van der Waals surface area contributed by atoms with Crippen LogP contribution >= 0.6 is 11.8 Å². The third-order valence-electron chi connectivity index (χ3n) is 3.18. The van der Waals surface area contributed by atoms with Crippen LogP contribution in [-0.2, 0) is 16.6 Å². The Kier molecular flexibility index (Phi) is 5.42. The van der Waals surface area contributed by atoms with Gasteiger partial charge in [-0.3, -0.25) is 0 Å². The lowest BCUT2D eigenvalue weighted by atomic mass is 10.2. The maximum atomic E-state index is 13.5. The molecule has 0 spiro atoms. The molecule has 1 aromatic rings. The number of hydrogen-bond donors (Lipinski definition) is 1. The van der Waals surface area contributed by atoms with E-state index in [0.717, 1.165) is 24.1 Å². The van der Waals surface area contributed by atoms with Crippen molar-refractivity contribution in [2.24, 2.45) is 0 Å². The zero-order valence-corrected chi connectivity index (χ0v) is 13.1. The lowest BCUT2D eigenvalue weighted by Crippen LogP contribution is -2.38. The molecule has 0 unspecified atom stereocenters. The fourth-order valence-electron chi connectivity index (χ4n) is 2.10. The number of hydrogen-bond acceptors (Lipinski definition) is 4. The van der Waals surface area contributed by atoms with Gasteiger partial charge in [0.25, 0.3) is 0 Å². The van der Waals surface area contributed by atoms with Gasteiger partial charge in [0.15, 0.2) is 0 Å². The predicted octanol–water partition coefficient (Wildman–Crippen LogP) is 1.67. The van der Waals surface area contributed by atoms with E-state index < -0.39 is 15.8 Å². The van der Waals surface area contributed by atoms with Crippen molar-refractivity contribution < 1.29 is 12.8 Å². The molecular weight excluding hydrogens is 299 g/mol. The molecule has 1 aromatic carbocycles. The topological polar surface area (TPSA) is 49.4 Å². The highest BCUT2D eigenvalue weighted by Gasteiger charge is 2.28. The minimum absolute atomic E-state index is 0.0883. The zero-order valence-electron chi connectivity index (χ0n) is 11.4. The number of benzene rings is 1. The first-order valence-electron chi connectivity index (χ1n) is 6.62. The van der Waals surface area contributed by atoms with Crippen LogP contribution in [0.5, 0.6) is 0 Å². The molecule has 1 aliphatic heterocycles. The molecule has 0 amide bonds. The second-order valence-electron chi connectivity index (χ2n) is 4.55. The van der Waals surface area contributed by atoms with Crippen molar-refractivity contribution in [3.05, 3.63) is 29.6 Å².